The van der Waals surface area contributed by atoms with Gasteiger partial charge in [-0.25, -0.2) is 9.97 Å². The third-order valence-electron chi connectivity index (χ3n) is 5.47. The van der Waals surface area contributed by atoms with Crippen molar-refractivity contribution >= 4 is 35.1 Å². The Kier molecular flexibility index (Phi) is 7.78. The van der Waals surface area contributed by atoms with Gasteiger partial charge in [0, 0.05) is 29.0 Å². The van der Waals surface area contributed by atoms with Gasteiger partial charge in [0.25, 0.3) is 0 Å². The van der Waals surface area contributed by atoms with E-state index in [-0.39, 0.29) is 0 Å². The molecule has 180 valence electrons. The highest BCUT2D eigenvalue weighted by Crippen LogP contribution is 2.33. The summed E-state index contributed by atoms with van der Waals surface area (Å²) in [7, 11) is 0. The zero-order chi connectivity index (χ0) is 24.8. The Morgan fingerprint density at radius 1 is 1.03 bits per heavy atom. The van der Waals surface area contributed by atoms with Crippen LogP contribution in [-0.2, 0) is 23.8 Å². The maximum atomic E-state index is 11.5. The summed E-state index contributed by atoms with van der Waals surface area (Å²) in [6.45, 7) is 4.53. The average Bonchev–Trinajstić information content (AvgIpc) is 3.38. The van der Waals surface area contributed by atoms with Crippen molar-refractivity contribution in [1.82, 2.24) is 9.97 Å². The predicted molar refractivity (Wildman–Crippen MR) is 140 cm³/mol. The fraction of sp³-hybridized carbons (Fsp3) is 0.222. The van der Waals surface area contributed by atoms with Crippen molar-refractivity contribution in [3.05, 3.63) is 96.2 Å². The fourth-order valence-electron chi connectivity index (χ4n) is 3.52. The smallest absolute Gasteiger partial charge is 0.319 e. The molecular formula is C27H26ClN3O3S. The molecule has 2 heterocycles. The van der Waals surface area contributed by atoms with Gasteiger partial charge in [0.1, 0.15) is 22.7 Å². The van der Waals surface area contributed by atoms with Crippen molar-refractivity contribution in [3.8, 4) is 11.3 Å². The molecule has 0 fully saturated rings. The van der Waals surface area contributed by atoms with Crippen molar-refractivity contribution in [2.24, 2.45) is 0 Å². The number of aromatic nitrogens is 2. The number of anilines is 1. The minimum Gasteiger partial charge on any atom is -0.480 e. The van der Waals surface area contributed by atoms with E-state index >= 15 is 0 Å². The van der Waals surface area contributed by atoms with Crippen LogP contribution in [0.3, 0.4) is 0 Å². The minimum atomic E-state index is -0.898. The Labute approximate surface area is 214 Å². The first-order valence-corrected chi connectivity index (χ1v) is 12.4. The van der Waals surface area contributed by atoms with Crippen LogP contribution in [0.25, 0.3) is 11.3 Å². The Balaban J connectivity index is 1.59. The largest absolute Gasteiger partial charge is 0.480 e. The van der Waals surface area contributed by atoms with E-state index in [1.165, 1.54) is 11.8 Å². The van der Waals surface area contributed by atoms with E-state index in [1.807, 2.05) is 66.7 Å². The molecule has 0 radical (unpaired) electrons. The molecule has 8 heteroatoms. The van der Waals surface area contributed by atoms with Crippen LogP contribution < -0.4 is 4.90 Å². The molecule has 0 unspecified atom stereocenters. The summed E-state index contributed by atoms with van der Waals surface area (Å²) in [4.78, 5) is 23.5. The second-order valence-corrected chi connectivity index (χ2v) is 10.6. The highest BCUT2D eigenvalue weighted by atomic mass is 35.5. The van der Waals surface area contributed by atoms with E-state index < -0.39 is 10.7 Å². The number of halogens is 1. The first kappa shape index (κ1) is 24.8. The molecule has 0 aliphatic carbocycles. The van der Waals surface area contributed by atoms with Crippen LogP contribution >= 0.6 is 23.4 Å². The van der Waals surface area contributed by atoms with Crippen molar-refractivity contribution in [2.45, 2.75) is 42.5 Å². The summed E-state index contributed by atoms with van der Waals surface area (Å²) >= 11 is 7.34. The van der Waals surface area contributed by atoms with E-state index in [0.29, 0.717) is 19.0 Å². The summed E-state index contributed by atoms with van der Waals surface area (Å²) < 4.78 is 4.71. The number of carboxylic acid groups (broad SMARTS) is 1. The molecule has 4 aromatic rings. The van der Waals surface area contributed by atoms with Crippen LogP contribution in [0, 0.1) is 0 Å². The normalized spacial score (nSPS) is 11.4. The maximum absolute atomic E-state index is 11.5. The van der Waals surface area contributed by atoms with E-state index in [9.17, 15) is 9.90 Å². The maximum Gasteiger partial charge on any atom is 0.319 e. The quantitative estimate of drug-likeness (QED) is 0.190. The summed E-state index contributed by atoms with van der Waals surface area (Å²) in [5, 5.41) is 9.40. The standard InChI is InChI=1S/C27H26ClN3O3S/c1-27(2,26(32)33)35-23-10-8-19(9-11-23)16-31(17-22-7-4-12-34-22)25-14-24(29-18-30-25)21-6-3-5-20(13-21)15-28/h3-14,18H,15-17H2,1-2H3,(H,32,33). The van der Waals surface area contributed by atoms with Crippen molar-refractivity contribution in [1.29, 1.82) is 0 Å². The molecule has 6 nitrogen and oxygen atoms in total. The van der Waals surface area contributed by atoms with Gasteiger partial charge in [-0.1, -0.05) is 30.3 Å². The number of hydrogen-bond donors (Lipinski definition) is 1. The van der Waals surface area contributed by atoms with Gasteiger partial charge in [0.2, 0.25) is 0 Å². The third kappa shape index (κ3) is 6.44. The molecule has 0 aliphatic heterocycles. The van der Waals surface area contributed by atoms with Crippen molar-refractivity contribution in [2.75, 3.05) is 4.90 Å². The number of furan rings is 1. The lowest BCUT2D eigenvalue weighted by Gasteiger charge is -2.24. The minimum absolute atomic E-state index is 0.439. The second-order valence-electron chi connectivity index (χ2n) is 8.59. The lowest BCUT2D eigenvalue weighted by molar-refractivity contribution is -0.138. The van der Waals surface area contributed by atoms with Crippen LogP contribution in [0.4, 0.5) is 5.82 Å². The van der Waals surface area contributed by atoms with E-state index in [2.05, 4.69) is 14.9 Å². The number of carbonyl (C=O) groups is 1. The predicted octanol–water partition coefficient (Wildman–Crippen LogP) is 6.64. The van der Waals surface area contributed by atoms with Gasteiger partial charge in [-0.2, -0.15) is 0 Å². The van der Waals surface area contributed by atoms with Crippen molar-refractivity contribution in [3.63, 3.8) is 0 Å². The Morgan fingerprint density at radius 3 is 2.51 bits per heavy atom. The molecular weight excluding hydrogens is 482 g/mol. The fourth-order valence-corrected chi connectivity index (χ4v) is 4.64. The van der Waals surface area contributed by atoms with Gasteiger partial charge < -0.3 is 14.4 Å². The lowest BCUT2D eigenvalue weighted by atomic mass is 10.1. The van der Waals surface area contributed by atoms with Gasteiger partial charge in [0.05, 0.1) is 18.5 Å². The first-order chi connectivity index (χ1) is 16.8. The van der Waals surface area contributed by atoms with Crippen LogP contribution in [0.5, 0.6) is 0 Å². The number of aliphatic carboxylic acids is 1. The molecule has 0 atom stereocenters. The monoisotopic (exact) mass is 507 g/mol. The molecule has 2 aromatic carbocycles. The zero-order valence-corrected chi connectivity index (χ0v) is 21.1. The molecule has 0 saturated carbocycles. The zero-order valence-electron chi connectivity index (χ0n) is 19.5. The van der Waals surface area contributed by atoms with Crippen LogP contribution in [0.2, 0.25) is 0 Å². The number of carboxylic acids is 1. The van der Waals surface area contributed by atoms with E-state index in [4.69, 9.17) is 16.0 Å². The van der Waals surface area contributed by atoms with Gasteiger partial charge >= 0.3 is 5.97 Å². The van der Waals surface area contributed by atoms with Crippen LogP contribution in [0.1, 0.15) is 30.7 Å². The van der Waals surface area contributed by atoms with E-state index in [1.54, 1.807) is 26.4 Å². The van der Waals surface area contributed by atoms with Gasteiger partial charge in [0.15, 0.2) is 0 Å². The SMILES string of the molecule is CC(C)(Sc1ccc(CN(Cc2ccco2)c2cc(-c3cccc(CCl)c3)ncn2)cc1)C(=O)O. The Bertz CT molecular complexity index is 1280. The average molecular weight is 508 g/mol. The number of hydrogen-bond acceptors (Lipinski definition) is 6. The Hall–Kier alpha value is -3.29. The molecule has 2 aromatic heterocycles. The summed E-state index contributed by atoms with van der Waals surface area (Å²) in [6, 6.07) is 21.7. The number of benzene rings is 2. The molecule has 0 saturated heterocycles. The summed E-state index contributed by atoms with van der Waals surface area (Å²) in [5.41, 5.74) is 3.89. The number of rotatable bonds is 10. The van der Waals surface area contributed by atoms with Gasteiger partial charge in [-0.05, 0) is 55.3 Å². The summed E-state index contributed by atoms with van der Waals surface area (Å²) in [6.07, 6.45) is 3.23. The molecule has 0 bridgehead atoms. The molecule has 0 aliphatic rings. The molecule has 1 N–H and O–H groups in total. The third-order valence-corrected chi connectivity index (χ3v) is 6.97. The van der Waals surface area contributed by atoms with Crippen LogP contribution in [0.15, 0.2) is 88.6 Å². The molecule has 35 heavy (non-hydrogen) atoms. The first-order valence-electron chi connectivity index (χ1n) is 11.1. The molecule has 4 rings (SSSR count). The van der Waals surface area contributed by atoms with Gasteiger partial charge in [-0.3, -0.25) is 4.79 Å². The lowest BCUT2D eigenvalue weighted by Crippen LogP contribution is -2.26. The highest BCUT2D eigenvalue weighted by molar-refractivity contribution is 8.01. The highest BCUT2D eigenvalue weighted by Gasteiger charge is 2.28. The molecule has 0 amide bonds. The number of alkyl halides is 1. The van der Waals surface area contributed by atoms with E-state index in [0.717, 1.165) is 38.9 Å². The Morgan fingerprint density at radius 2 is 1.83 bits per heavy atom. The van der Waals surface area contributed by atoms with Crippen molar-refractivity contribution < 1.29 is 14.3 Å². The van der Waals surface area contributed by atoms with Gasteiger partial charge in [-0.15, -0.1) is 23.4 Å². The molecule has 0 spiro atoms. The number of thioether (sulfide) groups is 1. The topological polar surface area (TPSA) is 79.5 Å². The second kappa shape index (κ2) is 11.0. The number of nitrogens with zero attached hydrogens (tertiary/aromatic N) is 3. The summed E-state index contributed by atoms with van der Waals surface area (Å²) in [5.74, 6) is 1.19. The van der Waals surface area contributed by atoms with Crippen LogP contribution in [-0.4, -0.2) is 25.8 Å².